The molecule has 0 aromatic carbocycles. The molecule has 0 bridgehead atoms. The van der Waals surface area contributed by atoms with Crippen LogP contribution < -0.4 is 5.69 Å². The van der Waals surface area contributed by atoms with Crippen LogP contribution in [0.25, 0.3) is 0 Å². The molecule has 1 saturated heterocycles. The van der Waals surface area contributed by atoms with Crippen LogP contribution in [0.1, 0.15) is 6.92 Å². The van der Waals surface area contributed by atoms with E-state index in [9.17, 15) is 9.59 Å². The molecule has 20 heavy (non-hydrogen) atoms. The number of amides is 1. The first-order chi connectivity index (χ1) is 9.56. The number of carbonyl (C=O) groups excluding carboxylic acids is 1. The number of rotatable bonds is 4. The first-order valence-electron chi connectivity index (χ1n) is 6.72. The van der Waals surface area contributed by atoms with Crippen LogP contribution in [-0.4, -0.2) is 58.0 Å². The largest absolute Gasteiger partial charge is 0.347 e. The van der Waals surface area contributed by atoms with E-state index < -0.39 is 0 Å². The SMILES string of the molecule is C=C(C)CN1CCN(C(=O)Cn2cccnc2=O)CC1. The van der Waals surface area contributed by atoms with Gasteiger partial charge < -0.3 is 4.90 Å². The molecule has 1 aliphatic heterocycles. The predicted molar refractivity (Wildman–Crippen MR) is 76.3 cm³/mol. The quantitative estimate of drug-likeness (QED) is 0.724. The van der Waals surface area contributed by atoms with Crippen molar-refractivity contribution in [2.24, 2.45) is 0 Å². The third-order valence-corrected chi connectivity index (χ3v) is 3.31. The van der Waals surface area contributed by atoms with Crippen molar-refractivity contribution >= 4 is 5.91 Å². The summed E-state index contributed by atoms with van der Waals surface area (Å²) >= 11 is 0. The highest BCUT2D eigenvalue weighted by Crippen LogP contribution is 2.05. The molecule has 0 radical (unpaired) electrons. The summed E-state index contributed by atoms with van der Waals surface area (Å²) < 4.78 is 1.34. The molecule has 6 nitrogen and oxygen atoms in total. The molecular weight excluding hydrogens is 256 g/mol. The molecule has 6 heteroatoms. The van der Waals surface area contributed by atoms with Crippen molar-refractivity contribution in [3.05, 3.63) is 41.1 Å². The Bertz CT molecular complexity index is 544. The zero-order valence-electron chi connectivity index (χ0n) is 11.8. The van der Waals surface area contributed by atoms with Crippen LogP contribution in [0, 0.1) is 0 Å². The molecule has 0 N–H and O–H groups in total. The van der Waals surface area contributed by atoms with Crippen LogP contribution in [0.15, 0.2) is 35.4 Å². The molecule has 0 aliphatic carbocycles. The predicted octanol–water partition coefficient (Wildman–Crippen LogP) is -0.0364. The second-order valence-corrected chi connectivity index (χ2v) is 5.14. The lowest BCUT2D eigenvalue weighted by molar-refractivity contribution is -0.133. The van der Waals surface area contributed by atoms with E-state index in [0.29, 0.717) is 13.1 Å². The van der Waals surface area contributed by atoms with Crippen molar-refractivity contribution in [2.75, 3.05) is 32.7 Å². The highest BCUT2D eigenvalue weighted by atomic mass is 16.2. The Morgan fingerprint density at radius 3 is 2.60 bits per heavy atom. The molecule has 2 rings (SSSR count). The van der Waals surface area contributed by atoms with Gasteiger partial charge in [-0.05, 0) is 13.0 Å². The average Bonchev–Trinajstić information content (AvgIpc) is 2.41. The van der Waals surface area contributed by atoms with E-state index in [1.54, 1.807) is 17.2 Å². The van der Waals surface area contributed by atoms with Gasteiger partial charge in [0.2, 0.25) is 5.91 Å². The molecule has 0 saturated carbocycles. The number of piperazine rings is 1. The van der Waals surface area contributed by atoms with E-state index >= 15 is 0 Å². The second kappa shape index (κ2) is 6.47. The van der Waals surface area contributed by atoms with Crippen LogP contribution >= 0.6 is 0 Å². The highest BCUT2D eigenvalue weighted by Gasteiger charge is 2.21. The third-order valence-electron chi connectivity index (χ3n) is 3.31. The molecule has 1 aliphatic rings. The normalized spacial score (nSPS) is 16.1. The van der Waals surface area contributed by atoms with Gasteiger partial charge in [0.25, 0.3) is 0 Å². The zero-order chi connectivity index (χ0) is 14.5. The smallest absolute Gasteiger partial charge is 0.339 e. The molecule has 0 atom stereocenters. The molecule has 0 unspecified atom stereocenters. The van der Waals surface area contributed by atoms with E-state index in [0.717, 1.165) is 25.2 Å². The van der Waals surface area contributed by atoms with Crippen LogP contribution in [0.2, 0.25) is 0 Å². The van der Waals surface area contributed by atoms with Gasteiger partial charge in [-0.15, -0.1) is 0 Å². The van der Waals surface area contributed by atoms with Crippen LogP contribution in [0.3, 0.4) is 0 Å². The number of hydrogen-bond donors (Lipinski definition) is 0. The van der Waals surface area contributed by atoms with Crippen LogP contribution in [-0.2, 0) is 11.3 Å². The van der Waals surface area contributed by atoms with Crippen molar-refractivity contribution in [1.82, 2.24) is 19.4 Å². The van der Waals surface area contributed by atoms with E-state index in [1.807, 2.05) is 6.92 Å². The molecule has 0 spiro atoms. The minimum atomic E-state index is -0.387. The Balaban J connectivity index is 1.88. The standard InChI is InChI=1S/C14H20N4O2/c1-12(2)10-16-6-8-17(9-7-16)13(19)11-18-5-3-4-15-14(18)20/h3-5H,1,6-11H2,2H3. The van der Waals surface area contributed by atoms with Gasteiger partial charge in [0, 0.05) is 45.1 Å². The Labute approximate surface area is 118 Å². The second-order valence-electron chi connectivity index (χ2n) is 5.14. The fourth-order valence-corrected chi connectivity index (χ4v) is 2.29. The summed E-state index contributed by atoms with van der Waals surface area (Å²) in [6.07, 6.45) is 3.02. The van der Waals surface area contributed by atoms with E-state index in [4.69, 9.17) is 0 Å². The Morgan fingerprint density at radius 2 is 2.00 bits per heavy atom. The number of carbonyl (C=O) groups is 1. The van der Waals surface area contributed by atoms with Gasteiger partial charge in [-0.25, -0.2) is 9.78 Å². The van der Waals surface area contributed by atoms with Crippen molar-refractivity contribution in [3.63, 3.8) is 0 Å². The number of aromatic nitrogens is 2. The summed E-state index contributed by atoms with van der Waals surface area (Å²) in [6, 6.07) is 1.65. The summed E-state index contributed by atoms with van der Waals surface area (Å²) in [5.74, 6) is -0.0323. The molecule has 1 fully saturated rings. The van der Waals surface area contributed by atoms with Gasteiger partial charge in [-0.1, -0.05) is 12.2 Å². The zero-order valence-corrected chi connectivity index (χ0v) is 11.8. The summed E-state index contributed by atoms with van der Waals surface area (Å²) in [5.41, 5.74) is 0.744. The molecule has 1 aromatic rings. The number of hydrogen-bond acceptors (Lipinski definition) is 4. The van der Waals surface area contributed by atoms with Crippen molar-refractivity contribution in [1.29, 1.82) is 0 Å². The van der Waals surface area contributed by atoms with E-state index in [2.05, 4.69) is 16.5 Å². The van der Waals surface area contributed by atoms with Gasteiger partial charge in [-0.3, -0.25) is 14.3 Å². The van der Waals surface area contributed by atoms with Crippen LogP contribution in [0.4, 0.5) is 0 Å². The van der Waals surface area contributed by atoms with Crippen LogP contribution in [0.5, 0.6) is 0 Å². The Morgan fingerprint density at radius 1 is 1.30 bits per heavy atom. The maximum Gasteiger partial charge on any atom is 0.347 e. The van der Waals surface area contributed by atoms with Crippen molar-refractivity contribution in [2.45, 2.75) is 13.5 Å². The first-order valence-corrected chi connectivity index (χ1v) is 6.72. The summed E-state index contributed by atoms with van der Waals surface area (Å²) in [7, 11) is 0. The summed E-state index contributed by atoms with van der Waals surface area (Å²) in [5, 5.41) is 0. The fraction of sp³-hybridized carbons (Fsp3) is 0.500. The molecule has 1 aromatic heterocycles. The van der Waals surface area contributed by atoms with Crippen molar-refractivity contribution < 1.29 is 4.79 Å². The van der Waals surface area contributed by atoms with Gasteiger partial charge in [-0.2, -0.15) is 0 Å². The Hall–Kier alpha value is -1.95. The van der Waals surface area contributed by atoms with Gasteiger partial charge in [0.15, 0.2) is 0 Å². The van der Waals surface area contributed by atoms with E-state index in [1.165, 1.54) is 10.8 Å². The molecule has 2 heterocycles. The third kappa shape index (κ3) is 3.77. The topological polar surface area (TPSA) is 58.4 Å². The van der Waals surface area contributed by atoms with Gasteiger partial charge in [0.1, 0.15) is 6.54 Å². The lowest BCUT2D eigenvalue weighted by Crippen LogP contribution is -2.50. The average molecular weight is 276 g/mol. The molecule has 1 amide bonds. The lowest BCUT2D eigenvalue weighted by Gasteiger charge is -2.34. The maximum absolute atomic E-state index is 12.2. The highest BCUT2D eigenvalue weighted by molar-refractivity contribution is 5.76. The lowest BCUT2D eigenvalue weighted by atomic mass is 10.2. The molecular formula is C14H20N4O2. The minimum absolute atomic E-state index is 0.0323. The summed E-state index contributed by atoms with van der Waals surface area (Å²) in [4.78, 5) is 31.3. The maximum atomic E-state index is 12.2. The Kier molecular flexibility index (Phi) is 4.68. The van der Waals surface area contributed by atoms with Gasteiger partial charge >= 0.3 is 5.69 Å². The first kappa shape index (κ1) is 14.5. The summed E-state index contributed by atoms with van der Waals surface area (Å²) in [6.45, 7) is 9.94. The minimum Gasteiger partial charge on any atom is -0.339 e. The van der Waals surface area contributed by atoms with Gasteiger partial charge in [0.05, 0.1) is 0 Å². The fourth-order valence-electron chi connectivity index (χ4n) is 2.29. The van der Waals surface area contributed by atoms with Crippen molar-refractivity contribution in [3.8, 4) is 0 Å². The monoisotopic (exact) mass is 276 g/mol. The molecule has 108 valence electrons. The van der Waals surface area contributed by atoms with E-state index in [-0.39, 0.29) is 18.1 Å². The number of nitrogens with zero attached hydrogens (tertiary/aromatic N) is 4.